The Morgan fingerprint density at radius 2 is 1.46 bits per heavy atom. The number of nitrogens with one attached hydrogen (secondary N) is 1. The highest BCUT2D eigenvalue weighted by atomic mass is 16.7. The van der Waals surface area contributed by atoms with Gasteiger partial charge in [0.1, 0.15) is 79.0 Å². The molecule has 0 aromatic rings. The predicted molar refractivity (Wildman–Crippen MR) is 329 cm³/mol. The second kappa shape index (κ2) is 36.9. The van der Waals surface area contributed by atoms with E-state index in [9.17, 15) is 79.8 Å². The van der Waals surface area contributed by atoms with Gasteiger partial charge < -0.3 is 104 Å². The number of hydrogen-bond acceptors (Lipinski definition) is 25. The summed E-state index contributed by atoms with van der Waals surface area (Å²) in [5.74, 6) is -10.2. The van der Waals surface area contributed by atoms with Crippen LogP contribution >= 0.6 is 0 Å². The van der Waals surface area contributed by atoms with E-state index < -0.39 is 170 Å². The van der Waals surface area contributed by atoms with Crippen molar-refractivity contribution in [3.05, 3.63) is 36.0 Å². The maximum absolute atomic E-state index is 14.7. The zero-order chi connectivity index (χ0) is 68.4. The molecule has 1 aliphatic carbocycles. The Hall–Kier alpha value is -4.24. The Labute approximate surface area is 545 Å². The van der Waals surface area contributed by atoms with E-state index in [-0.39, 0.29) is 75.4 Å². The summed E-state index contributed by atoms with van der Waals surface area (Å²) in [6.07, 6.45) is -10.2. The number of methoxy groups -OCH3 is 2. The first-order valence-electron chi connectivity index (χ1n) is 33.2. The fourth-order valence-corrected chi connectivity index (χ4v) is 13.9. The molecule has 27 nitrogen and oxygen atoms in total. The molecule has 27 heteroatoms. The quantitative estimate of drug-likeness (QED) is 0.0293. The Kier molecular flexibility index (Phi) is 30.9. The Bertz CT molecular complexity index is 2500. The lowest BCUT2D eigenvalue weighted by molar-refractivity contribution is -0.359. The molecular weight excluding hydrogens is 1220 g/mol. The zero-order valence-electron chi connectivity index (χ0n) is 55.0. The average molecular weight is 1330 g/mol. The molecule has 0 aromatic carbocycles. The summed E-state index contributed by atoms with van der Waals surface area (Å²) in [6, 6.07) is -1.25. The van der Waals surface area contributed by atoms with Gasteiger partial charge in [-0.1, -0.05) is 57.4 Å². The summed E-state index contributed by atoms with van der Waals surface area (Å²) >= 11 is 0. The number of carbonyl (C=O) groups is 6. The van der Waals surface area contributed by atoms with Crippen molar-refractivity contribution in [3.8, 4) is 0 Å². The first-order chi connectivity index (χ1) is 44.2. The SMILES string of the molecule is C=CCC1/C=C(\C)C[C@@H](C)C[C@H](OC)[C@H]2O[C@@](O)(C(=O)C(=O)N3CCCCC3C(=O)O[C@H](/C(C)=C/C3CCC(OC(=O)CCC(=O)NCCCCCCOC4OC(CO)C(OC5OC(CO)C(O)C(O)C5O)C(O)C4O)[C@H](CO)C3)[C@H](C)[C@H](O)CC1=O)[C@H](C)CC2OC. The number of aliphatic hydroxyl groups is 10. The number of carbonyl (C=O) groups excluding carboxylic acids is 6. The molecule has 0 aromatic heterocycles. The third-order valence-corrected chi connectivity index (χ3v) is 19.4. The molecule has 2 bridgehead atoms. The topological polar surface area (TPSA) is 403 Å². The highest BCUT2D eigenvalue weighted by Gasteiger charge is 2.57. The van der Waals surface area contributed by atoms with Crippen molar-refractivity contribution in [1.29, 1.82) is 0 Å². The minimum absolute atomic E-state index is 0.00585. The second-order valence-corrected chi connectivity index (χ2v) is 26.5. The number of piperidine rings is 1. The monoisotopic (exact) mass is 1330 g/mol. The fraction of sp³-hybridized carbons (Fsp3) is 0.818. The largest absolute Gasteiger partial charge is 0.462 e. The number of fused-ring (bicyclic) bond motifs is 3. The number of ketones is 2. The number of aliphatic hydroxyl groups excluding tert-OH is 9. The van der Waals surface area contributed by atoms with Gasteiger partial charge in [0.2, 0.25) is 11.7 Å². The van der Waals surface area contributed by atoms with Crippen LogP contribution in [0.4, 0.5) is 0 Å². The van der Waals surface area contributed by atoms with Crippen LogP contribution in [0.5, 0.6) is 0 Å². The van der Waals surface area contributed by atoms with Gasteiger partial charge in [0, 0.05) is 77.0 Å². The highest BCUT2D eigenvalue weighted by Crippen LogP contribution is 2.40. The van der Waals surface area contributed by atoms with E-state index in [4.69, 9.17) is 42.6 Å². The van der Waals surface area contributed by atoms with E-state index in [2.05, 4.69) is 11.9 Å². The zero-order valence-corrected chi connectivity index (χ0v) is 55.0. The molecule has 0 spiro atoms. The number of unbranched alkanes of at least 4 members (excludes halogenated alkanes) is 3. The van der Waals surface area contributed by atoms with Gasteiger partial charge in [-0.25, -0.2) is 4.79 Å². The van der Waals surface area contributed by atoms with Crippen molar-refractivity contribution in [1.82, 2.24) is 10.2 Å². The number of amides is 2. The first kappa shape index (κ1) is 77.8. The summed E-state index contributed by atoms with van der Waals surface area (Å²) < 4.78 is 52.5. The molecule has 2 amide bonds. The van der Waals surface area contributed by atoms with E-state index >= 15 is 0 Å². The second-order valence-electron chi connectivity index (χ2n) is 26.5. The molecule has 5 fully saturated rings. The molecule has 5 aliphatic heterocycles. The van der Waals surface area contributed by atoms with Gasteiger partial charge in [0.05, 0.1) is 37.9 Å². The molecule has 11 N–H and O–H groups in total. The van der Waals surface area contributed by atoms with Crippen LogP contribution in [0, 0.1) is 35.5 Å². The van der Waals surface area contributed by atoms with Crippen LogP contribution in [0.2, 0.25) is 0 Å². The number of nitrogens with zero attached hydrogens (tertiary/aromatic N) is 1. The number of cyclic esters (lactones) is 1. The van der Waals surface area contributed by atoms with Crippen LogP contribution in [-0.4, -0.2) is 255 Å². The standard InChI is InChI=1S/C66H106N2O25/c1-9-16-41-26-35(2)25-36(3)27-47(85-7)59-48(86-8)29-38(5)66(84,93-59)61(81)62(82)68-23-14-12-17-43(68)63(83)91-58(39(6)44(72)31-45(41)73)37(4)28-40-18-19-46(42(30-40)32-69)88-52(75)21-20-51(74)67-22-13-10-11-15-24-87-64-57(80)55(78)60(50(34-71)90-64)92-65-56(79)54(77)53(76)49(33-70)89-65/h9,26,28,36,38-44,46-50,53-60,64-65,69-72,76-80,84H,1,10-25,27,29-34H2,2-8H3,(H,67,74)/b35-26+,37-28+/t36-,38-,39-,40?,41?,42+,43?,44-,46?,47+,48?,49?,50?,53?,54?,55?,56?,57?,58-,59-,60?,64?,65?,66-/m1/s1. The lowest BCUT2D eigenvalue weighted by Gasteiger charge is -2.47. The molecule has 0 radical (unpaired) electrons. The van der Waals surface area contributed by atoms with E-state index in [0.717, 1.165) is 10.5 Å². The lowest BCUT2D eigenvalue weighted by Crippen LogP contribution is -2.64. The van der Waals surface area contributed by atoms with Gasteiger partial charge in [-0.2, -0.15) is 0 Å². The van der Waals surface area contributed by atoms with Gasteiger partial charge in [-0.05, 0) is 108 Å². The van der Waals surface area contributed by atoms with Gasteiger partial charge in [-0.15, -0.1) is 6.58 Å². The maximum atomic E-state index is 14.7. The van der Waals surface area contributed by atoms with Crippen molar-refractivity contribution in [2.24, 2.45) is 35.5 Å². The van der Waals surface area contributed by atoms with Gasteiger partial charge in [0.15, 0.2) is 12.6 Å². The summed E-state index contributed by atoms with van der Waals surface area (Å²) in [5.41, 5.74) is 1.42. The van der Waals surface area contributed by atoms with Crippen LogP contribution in [-0.2, 0) is 71.4 Å². The van der Waals surface area contributed by atoms with Crippen LogP contribution in [0.15, 0.2) is 36.0 Å². The van der Waals surface area contributed by atoms with Crippen molar-refractivity contribution in [2.45, 2.75) is 254 Å². The third kappa shape index (κ3) is 20.4. The number of allylic oxidation sites excluding steroid dienone is 4. The molecule has 5 heterocycles. The lowest BCUT2D eigenvalue weighted by atomic mass is 9.78. The predicted octanol–water partition coefficient (Wildman–Crippen LogP) is 0.881. The fourth-order valence-electron chi connectivity index (χ4n) is 13.9. The number of rotatable bonds is 23. The molecular formula is C66H106N2O25. The molecule has 6 aliphatic rings. The summed E-state index contributed by atoms with van der Waals surface area (Å²) in [6.45, 7) is 11.5. The van der Waals surface area contributed by atoms with Gasteiger partial charge >= 0.3 is 11.9 Å². The Balaban J connectivity index is 1.02. The first-order valence-corrected chi connectivity index (χ1v) is 33.2. The number of ether oxygens (including phenoxy) is 9. The molecule has 24 atom stereocenters. The number of hydrogen-bond donors (Lipinski definition) is 11. The van der Waals surface area contributed by atoms with Crippen LogP contribution < -0.4 is 5.32 Å². The average Bonchev–Trinajstić information content (AvgIpc) is 1.05. The van der Waals surface area contributed by atoms with Crippen LogP contribution in [0.1, 0.15) is 144 Å². The molecule has 530 valence electrons. The summed E-state index contributed by atoms with van der Waals surface area (Å²) in [5, 5.41) is 109. The van der Waals surface area contributed by atoms with Crippen molar-refractivity contribution in [2.75, 3.05) is 53.7 Å². The Morgan fingerprint density at radius 3 is 2.14 bits per heavy atom. The van der Waals surface area contributed by atoms with E-state index in [1.54, 1.807) is 26.8 Å². The summed E-state index contributed by atoms with van der Waals surface area (Å²) in [7, 11) is 3.00. The van der Waals surface area contributed by atoms with Gasteiger partial charge in [0.25, 0.3) is 11.7 Å². The maximum Gasteiger partial charge on any atom is 0.329 e. The molecule has 15 unspecified atom stereocenters. The van der Waals surface area contributed by atoms with E-state index in [1.807, 2.05) is 26.0 Å². The minimum Gasteiger partial charge on any atom is -0.462 e. The molecule has 4 saturated heterocycles. The van der Waals surface area contributed by atoms with Gasteiger partial charge in [-0.3, -0.25) is 24.0 Å². The summed E-state index contributed by atoms with van der Waals surface area (Å²) in [4.78, 5) is 84.8. The molecule has 1 saturated carbocycles. The minimum atomic E-state index is -2.59. The van der Waals surface area contributed by atoms with Crippen LogP contribution in [0.25, 0.3) is 0 Å². The normalized spacial score (nSPS) is 39.6. The van der Waals surface area contributed by atoms with Crippen molar-refractivity contribution in [3.63, 3.8) is 0 Å². The number of Topliss-reactive ketones (excluding diaryl/α,β-unsaturated/α-hetero) is 2. The van der Waals surface area contributed by atoms with Crippen molar-refractivity contribution >= 4 is 35.3 Å². The smallest absolute Gasteiger partial charge is 0.329 e. The Morgan fingerprint density at radius 1 is 0.785 bits per heavy atom. The number of esters is 2. The van der Waals surface area contributed by atoms with Crippen molar-refractivity contribution < 1.29 is 122 Å². The molecule has 6 rings (SSSR count). The third-order valence-electron chi connectivity index (χ3n) is 19.4. The highest BCUT2D eigenvalue weighted by molar-refractivity contribution is 6.39. The molecule has 93 heavy (non-hydrogen) atoms. The van der Waals surface area contributed by atoms with E-state index in [0.29, 0.717) is 89.2 Å². The van der Waals surface area contributed by atoms with E-state index in [1.165, 1.54) is 14.2 Å². The van der Waals surface area contributed by atoms with Crippen LogP contribution in [0.3, 0.4) is 0 Å².